The highest BCUT2D eigenvalue weighted by molar-refractivity contribution is 8.00. The fourth-order valence-electron chi connectivity index (χ4n) is 1.90. The van der Waals surface area contributed by atoms with Gasteiger partial charge in [-0.05, 0) is 30.3 Å². The van der Waals surface area contributed by atoms with Crippen molar-refractivity contribution in [3.05, 3.63) is 58.4 Å². The van der Waals surface area contributed by atoms with Crippen molar-refractivity contribution in [2.24, 2.45) is 0 Å². The van der Waals surface area contributed by atoms with Crippen molar-refractivity contribution in [3.8, 4) is 0 Å². The Hall–Kier alpha value is -2.94. The molecule has 7 nitrogen and oxygen atoms in total. The van der Waals surface area contributed by atoms with Gasteiger partial charge in [0.25, 0.3) is 5.69 Å². The van der Waals surface area contributed by atoms with E-state index in [9.17, 15) is 24.1 Å². The summed E-state index contributed by atoms with van der Waals surface area (Å²) in [6.45, 7) is 1.26. The van der Waals surface area contributed by atoms with Crippen LogP contribution in [-0.2, 0) is 9.59 Å². The number of nitro benzene ring substituents is 1. The summed E-state index contributed by atoms with van der Waals surface area (Å²) in [4.78, 5) is 33.8. The van der Waals surface area contributed by atoms with Gasteiger partial charge in [-0.15, -0.1) is 11.8 Å². The second-order valence-electron chi connectivity index (χ2n) is 4.96. The zero-order valence-corrected chi connectivity index (χ0v) is 13.9. The van der Waals surface area contributed by atoms with E-state index in [4.69, 9.17) is 0 Å². The van der Waals surface area contributed by atoms with Crippen molar-refractivity contribution in [2.75, 3.05) is 16.4 Å². The first-order valence-electron chi connectivity index (χ1n) is 7.09. The lowest BCUT2D eigenvalue weighted by molar-refractivity contribution is -0.384. The Morgan fingerprint density at radius 2 is 1.84 bits per heavy atom. The standard InChI is InChI=1S/C16H14FN3O4S/c1-10(21)18-15-8-11(2-7-14(15)17)19-16(22)9-25-13-5-3-12(4-6-13)20(23)24/h2-8H,9H2,1H3,(H,18,21)(H,19,22). The van der Waals surface area contributed by atoms with Gasteiger partial charge in [0.2, 0.25) is 11.8 Å². The molecule has 0 aromatic heterocycles. The smallest absolute Gasteiger partial charge is 0.269 e. The highest BCUT2D eigenvalue weighted by atomic mass is 32.2. The van der Waals surface area contributed by atoms with E-state index >= 15 is 0 Å². The number of thioether (sulfide) groups is 1. The molecule has 2 amide bonds. The number of rotatable bonds is 6. The van der Waals surface area contributed by atoms with Gasteiger partial charge in [0, 0.05) is 29.6 Å². The molecule has 0 unspecified atom stereocenters. The maximum absolute atomic E-state index is 13.5. The Balaban J connectivity index is 1.93. The maximum Gasteiger partial charge on any atom is 0.269 e. The van der Waals surface area contributed by atoms with E-state index in [0.29, 0.717) is 10.6 Å². The number of halogens is 1. The van der Waals surface area contributed by atoms with Crippen LogP contribution in [0.4, 0.5) is 21.5 Å². The molecule has 0 aliphatic carbocycles. The van der Waals surface area contributed by atoms with Crippen LogP contribution >= 0.6 is 11.8 Å². The topological polar surface area (TPSA) is 101 Å². The molecular weight excluding hydrogens is 349 g/mol. The molecule has 0 saturated carbocycles. The summed E-state index contributed by atoms with van der Waals surface area (Å²) in [5, 5.41) is 15.5. The number of hydrogen-bond donors (Lipinski definition) is 2. The Bertz CT molecular complexity index is 812. The van der Waals surface area contributed by atoms with Gasteiger partial charge in [0.1, 0.15) is 5.82 Å². The van der Waals surface area contributed by atoms with Gasteiger partial charge in [-0.1, -0.05) is 0 Å². The number of non-ortho nitro benzene ring substituents is 1. The highest BCUT2D eigenvalue weighted by Crippen LogP contribution is 2.23. The van der Waals surface area contributed by atoms with Crippen LogP contribution in [0.2, 0.25) is 0 Å². The molecule has 0 bridgehead atoms. The van der Waals surface area contributed by atoms with Gasteiger partial charge in [0.15, 0.2) is 0 Å². The molecule has 0 atom stereocenters. The number of carbonyl (C=O) groups is 2. The third-order valence-corrected chi connectivity index (χ3v) is 3.99. The first-order valence-corrected chi connectivity index (χ1v) is 8.08. The van der Waals surface area contributed by atoms with E-state index in [-0.39, 0.29) is 23.0 Å². The zero-order valence-electron chi connectivity index (χ0n) is 13.1. The molecule has 130 valence electrons. The molecule has 25 heavy (non-hydrogen) atoms. The molecular formula is C16H14FN3O4S. The van der Waals surface area contributed by atoms with Gasteiger partial charge in [-0.25, -0.2) is 4.39 Å². The van der Waals surface area contributed by atoms with E-state index in [0.717, 1.165) is 6.07 Å². The lowest BCUT2D eigenvalue weighted by atomic mass is 10.2. The number of carbonyl (C=O) groups excluding carboxylic acids is 2. The normalized spacial score (nSPS) is 10.2. The summed E-state index contributed by atoms with van der Waals surface area (Å²) in [6.07, 6.45) is 0. The molecule has 2 aromatic rings. The summed E-state index contributed by atoms with van der Waals surface area (Å²) in [5.41, 5.74) is 0.304. The number of anilines is 2. The molecule has 0 saturated heterocycles. The number of nitrogens with one attached hydrogen (secondary N) is 2. The number of benzene rings is 2. The lowest BCUT2D eigenvalue weighted by Crippen LogP contribution is -2.15. The number of hydrogen-bond acceptors (Lipinski definition) is 5. The second-order valence-corrected chi connectivity index (χ2v) is 6.01. The van der Waals surface area contributed by atoms with Gasteiger partial charge in [-0.3, -0.25) is 19.7 Å². The average Bonchev–Trinajstić information content (AvgIpc) is 2.56. The van der Waals surface area contributed by atoms with E-state index < -0.39 is 16.6 Å². The van der Waals surface area contributed by atoms with Crippen molar-refractivity contribution in [1.82, 2.24) is 0 Å². The average molecular weight is 363 g/mol. The minimum absolute atomic E-state index is 0.0201. The summed E-state index contributed by atoms with van der Waals surface area (Å²) < 4.78 is 13.5. The van der Waals surface area contributed by atoms with Crippen molar-refractivity contribution in [2.45, 2.75) is 11.8 Å². The first kappa shape index (κ1) is 18.4. The van der Waals surface area contributed by atoms with Crippen molar-refractivity contribution in [1.29, 1.82) is 0 Å². The van der Waals surface area contributed by atoms with E-state index in [1.165, 1.54) is 43.0 Å². The molecule has 0 aliphatic rings. The minimum atomic E-state index is -0.603. The Kier molecular flexibility index (Phi) is 6.07. The molecule has 2 N–H and O–H groups in total. The monoisotopic (exact) mass is 363 g/mol. The van der Waals surface area contributed by atoms with Crippen molar-refractivity contribution >= 4 is 40.6 Å². The summed E-state index contributed by atoms with van der Waals surface area (Å²) in [6, 6.07) is 9.69. The van der Waals surface area contributed by atoms with Gasteiger partial charge in [0.05, 0.1) is 16.4 Å². The van der Waals surface area contributed by atoms with Crippen LogP contribution in [0.1, 0.15) is 6.92 Å². The van der Waals surface area contributed by atoms with Crippen LogP contribution in [-0.4, -0.2) is 22.5 Å². The summed E-state index contributed by atoms with van der Waals surface area (Å²) in [7, 11) is 0. The molecule has 0 radical (unpaired) electrons. The van der Waals surface area contributed by atoms with Crippen molar-refractivity contribution in [3.63, 3.8) is 0 Å². The highest BCUT2D eigenvalue weighted by Gasteiger charge is 2.09. The molecule has 2 rings (SSSR count). The van der Waals surface area contributed by atoms with E-state index in [2.05, 4.69) is 10.6 Å². The number of nitro groups is 1. The van der Waals surface area contributed by atoms with Crippen molar-refractivity contribution < 1.29 is 18.9 Å². The molecule has 2 aromatic carbocycles. The van der Waals surface area contributed by atoms with Crippen LogP contribution < -0.4 is 10.6 Å². The molecule has 0 aliphatic heterocycles. The lowest BCUT2D eigenvalue weighted by Gasteiger charge is -2.09. The number of nitrogens with zero attached hydrogens (tertiary/aromatic N) is 1. The molecule has 9 heteroatoms. The minimum Gasteiger partial charge on any atom is -0.325 e. The first-order chi connectivity index (χ1) is 11.8. The van der Waals surface area contributed by atoms with Gasteiger partial charge in [-0.2, -0.15) is 0 Å². The Labute approximate surface area is 146 Å². The summed E-state index contributed by atoms with van der Waals surface area (Å²) in [5.74, 6) is -1.28. The summed E-state index contributed by atoms with van der Waals surface area (Å²) >= 11 is 1.21. The zero-order chi connectivity index (χ0) is 18.4. The SMILES string of the molecule is CC(=O)Nc1cc(NC(=O)CSc2ccc([N+](=O)[O-])cc2)ccc1F. The molecule has 0 fully saturated rings. The predicted molar refractivity (Wildman–Crippen MR) is 93.2 cm³/mol. The third-order valence-electron chi connectivity index (χ3n) is 2.98. The Morgan fingerprint density at radius 1 is 1.16 bits per heavy atom. The fourth-order valence-corrected chi connectivity index (χ4v) is 2.60. The van der Waals surface area contributed by atoms with Gasteiger partial charge < -0.3 is 10.6 Å². The largest absolute Gasteiger partial charge is 0.325 e. The maximum atomic E-state index is 13.5. The van der Waals surface area contributed by atoms with E-state index in [1.54, 1.807) is 12.1 Å². The van der Waals surface area contributed by atoms with Crippen LogP contribution in [0.25, 0.3) is 0 Å². The predicted octanol–water partition coefficient (Wildman–Crippen LogP) is 3.42. The quantitative estimate of drug-likeness (QED) is 0.465. The van der Waals surface area contributed by atoms with Gasteiger partial charge >= 0.3 is 0 Å². The molecule has 0 heterocycles. The van der Waals surface area contributed by atoms with Crippen LogP contribution in [0.5, 0.6) is 0 Å². The van der Waals surface area contributed by atoms with Crippen LogP contribution in [0, 0.1) is 15.9 Å². The van der Waals surface area contributed by atoms with Crippen LogP contribution in [0.3, 0.4) is 0 Å². The second kappa shape index (κ2) is 8.25. The number of amides is 2. The van der Waals surface area contributed by atoms with E-state index in [1.807, 2.05) is 0 Å². The third kappa shape index (κ3) is 5.57. The fraction of sp³-hybridized carbons (Fsp3) is 0.125. The van der Waals surface area contributed by atoms with Crippen LogP contribution in [0.15, 0.2) is 47.4 Å². The molecule has 0 spiro atoms. The Morgan fingerprint density at radius 3 is 2.44 bits per heavy atom.